The zero-order valence-corrected chi connectivity index (χ0v) is 10.5. The molecule has 0 saturated carbocycles. The maximum atomic E-state index is 5.91. The van der Waals surface area contributed by atoms with Gasteiger partial charge in [-0.05, 0) is 33.5 Å². The third kappa shape index (κ3) is 4.63. The summed E-state index contributed by atoms with van der Waals surface area (Å²) < 4.78 is 0. The molecule has 90 valence electrons. The lowest BCUT2D eigenvalue weighted by Gasteiger charge is -2.10. The Balaban J connectivity index is 2.29. The van der Waals surface area contributed by atoms with Crippen LogP contribution in [-0.2, 0) is 0 Å². The average Bonchev–Trinajstić information content (AvgIpc) is 2.22. The van der Waals surface area contributed by atoms with Gasteiger partial charge in [0, 0.05) is 6.54 Å². The molecule has 0 saturated heterocycles. The smallest absolute Gasteiger partial charge is 0.222 e. The fraction of sp³-hybridized carbons (Fsp3) is 0.600. The van der Waals surface area contributed by atoms with E-state index in [1.807, 2.05) is 0 Å². The number of nitrogens with one attached hydrogen (secondary N) is 1. The number of hydrogen-bond acceptors (Lipinski definition) is 5. The Morgan fingerprint density at radius 1 is 1.44 bits per heavy atom. The topological polar surface area (TPSA) is 67.1 Å². The van der Waals surface area contributed by atoms with E-state index in [1.54, 1.807) is 0 Å². The number of anilines is 2. The maximum Gasteiger partial charge on any atom is 0.222 e. The number of hydrogen-bond donors (Lipinski definition) is 2. The molecule has 0 spiro atoms. The van der Waals surface area contributed by atoms with Crippen LogP contribution in [0.25, 0.3) is 0 Å². The molecule has 0 aliphatic carbocycles. The normalized spacial score (nSPS) is 10.8. The van der Waals surface area contributed by atoms with Crippen molar-refractivity contribution in [3.63, 3.8) is 0 Å². The van der Waals surface area contributed by atoms with Crippen LogP contribution in [0.3, 0.4) is 0 Å². The molecule has 16 heavy (non-hydrogen) atoms. The molecule has 1 aromatic heterocycles. The summed E-state index contributed by atoms with van der Waals surface area (Å²) in [4.78, 5) is 9.98. The van der Waals surface area contributed by atoms with E-state index in [2.05, 4.69) is 34.3 Å². The molecule has 1 heterocycles. The van der Waals surface area contributed by atoms with Gasteiger partial charge in [-0.15, -0.1) is 0 Å². The number of nitrogens with two attached hydrogens (primary N) is 1. The van der Waals surface area contributed by atoms with Crippen molar-refractivity contribution >= 4 is 23.4 Å². The Morgan fingerprint density at radius 2 is 2.19 bits per heavy atom. The maximum absolute atomic E-state index is 5.91. The van der Waals surface area contributed by atoms with Gasteiger partial charge in [-0.1, -0.05) is 11.6 Å². The molecule has 0 aliphatic rings. The van der Waals surface area contributed by atoms with E-state index in [0.29, 0.717) is 10.8 Å². The molecule has 5 nitrogen and oxygen atoms in total. The van der Waals surface area contributed by atoms with Crippen LogP contribution in [-0.4, -0.2) is 42.1 Å². The largest absolute Gasteiger partial charge is 0.369 e. The molecule has 3 N–H and O–H groups in total. The fourth-order valence-corrected chi connectivity index (χ4v) is 1.42. The van der Waals surface area contributed by atoms with E-state index < -0.39 is 0 Å². The fourth-order valence-electron chi connectivity index (χ4n) is 1.26. The molecule has 0 unspecified atom stereocenters. The first-order valence-corrected chi connectivity index (χ1v) is 5.64. The van der Waals surface area contributed by atoms with E-state index in [0.717, 1.165) is 25.9 Å². The third-order valence-electron chi connectivity index (χ3n) is 2.09. The van der Waals surface area contributed by atoms with Crippen molar-refractivity contribution in [1.29, 1.82) is 0 Å². The first-order chi connectivity index (χ1) is 7.59. The van der Waals surface area contributed by atoms with Gasteiger partial charge in [0.2, 0.25) is 5.95 Å². The lowest BCUT2D eigenvalue weighted by molar-refractivity contribution is 0.396. The van der Waals surface area contributed by atoms with Gasteiger partial charge >= 0.3 is 0 Å². The predicted octanol–water partition coefficient (Wildman–Crippen LogP) is 1.47. The van der Waals surface area contributed by atoms with Crippen molar-refractivity contribution in [1.82, 2.24) is 14.9 Å². The van der Waals surface area contributed by atoms with E-state index in [4.69, 9.17) is 17.3 Å². The Hall–Kier alpha value is -1.07. The summed E-state index contributed by atoms with van der Waals surface area (Å²) in [7, 11) is 4.13. The minimum Gasteiger partial charge on any atom is -0.369 e. The van der Waals surface area contributed by atoms with Gasteiger partial charge in [0.1, 0.15) is 10.8 Å². The highest BCUT2D eigenvalue weighted by Gasteiger charge is 2.02. The predicted molar refractivity (Wildman–Crippen MR) is 67.7 cm³/mol. The SMILES string of the molecule is CN(C)CCCCNc1nc(N)ncc1Cl. The molecule has 0 radical (unpaired) electrons. The Morgan fingerprint density at radius 3 is 2.88 bits per heavy atom. The van der Waals surface area contributed by atoms with Crippen molar-refractivity contribution < 1.29 is 0 Å². The van der Waals surface area contributed by atoms with Crippen LogP contribution in [0.1, 0.15) is 12.8 Å². The van der Waals surface area contributed by atoms with Gasteiger partial charge in [0.25, 0.3) is 0 Å². The molecular weight excluding hydrogens is 226 g/mol. The summed E-state index contributed by atoms with van der Waals surface area (Å²) in [6, 6.07) is 0. The van der Waals surface area contributed by atoms with Crippen molar-refractivity contribution in [2.75, 3.05) is 38.2 Å². The molecule has 0 aromatic carbocycles. The number of nitrogen functional groups attached to an aromatic ring is 1. The standard InChI is InChI=1S/C10H18ClN5/c1-16(2)6-4-3-5-13-9-8(11)7-14-10(12)15-9/h7H,3-6H2,1-2H3,(H3,12,13,14,15). The van der Waals surface area contributed by atoms with Crippen molar-refractivity contribution in [2.45, 2.75) is 12.8 Å². The Kier molecular flexibility index (Phi) is 5.28. The van der Waals surface area contributed by atoms with Gasteiger partial charge in [-0.2, -0.15) is 4.98 Å². The Bertz CT molecular complexity index is 329. The highest BCUT2D eigenvalue weighted by atomic mass is 35.5. The summed E-state index contributed by atoms with van der Waals surface area (Å²) in [6.45, 7) is 1.92. The molecule has 0 fully saturated rings. The van der Waals surface area contributed by atoms with Crippen LogP contribution in [0.15, 0.2) is 6.20 Å². The molecule has 0 atom stereocenters. The van der Waals surface area contributed by atoms with Gasteiger partial charge < -0.3 is 16.0 Å². The highest BCUT2D eigenvalue weighted by Crippen LogP contribution is 2.18. The lowest BCUT2D eigenvalue weighted by Crippen LogP contribution is -2.14. The van der Waals surface area contributed by atoms with Crippen LogP contribution >= 0.6 is 11.6 Å². The minimum absolute atomic E-state index is 0.236. The van der Waals surface area contributed by atoms with Crippen LogP contribution in [0.4, 0.5) is 11.8 Å². The first kappa shape index (κ1) is 13.0. The first-order valence-electron chi connectivity index (χ1n) is 5.26. The molecule has 6 heteroatoms. The van der Waals surface area contributed by atoms with Crippen molar-refractivity contribution in [3.8, 4) is 0 Å². The summed E-state index contributed by atoms with van der Waals surface area (Å²) in [5.74, 6) is 0.846. The number of rotatable bonds is 6. The number of unbranched alkanes of at least 4 members (excludes halogenated alkanes) is 1. The highest BCUT2D eigenvalue weighted by molar-refractivity contribution is 6.32. The number of halogens is 1. The lowest BCUT2D eigenvalue weighted by atomic mass is 10.3. The molecular formula is C10H18ClN5. The summed E-state index contributed by atoms with van der Waals surface area (Å²) in [6.07, 6.45) is 3.71. The second kappa shape index (κ2) is 6.50. The van der Waals surface area contributed by atoms with Gasteiger partial charge in [-0.3, -0.25) is 0 Å². The zero-order valence-electron chi connectivity index (χ0n) is 9.70. The van der Waals surface area contributed by atoms with Gasteiger partial charge in [0.15, 0.2) is 0 Å². The number of aromatic nitrogens is 2. The number of nitrogens with zero attached hydrogens (tertiary/aromatic N) is 3. The molecule has 0 amide bonds. The van der Waals surface area contributed by atoms with Crippen molar-refractivity contribution in [2.24, 2.45) is 0 Å². The molecule has 0 aliphatic heterocycles. The summed E-state index contributed by atoms with van der Waals surface area (Å²) in [5.41, 5.74) is 5.47. The van der Waals surface area contributed by atoms with E-state index >= 15 is 0 Å². The van der Waals surface area contributed by atoms with Crippen LogP contribution in [0.5, 0.6) is 0 Å². The van der Waals surface area contributed by atoms with E-state index in [-0.39, 0.29) is 5.95 Å². The second-order valence-corrected chi connectivity index (χ2v) is 4.27. The molecule has 0 bridgehead atoms. The summed E-state index contributed by atoms with van der Waals surface area (Å²) >= 11 is 5.91. The zero-order chi connectivity index (χ0) is 12.0. The quantitative estimate of drug-likeness (QED) is 0.741. The van der Waals surface area contributed by atoms with Gasteiger partial charge in [-0.25, -0.2) is 4.98 Å². The van der Waals surface area contributed by atoms with Gasteiger partial charge in [0.05, 0.1) is 6.20 Å². The second-order valence-electron chi connectivity index (χ2n) is 3.86. The van der Waals surface area contributed by atoms with Crippen LogP contribution < -0.4 is 11.1 Å². The summed E-state index contributed by atoms with van der Waals surface area (Å²) in [5, 5.41) is 3.65. The monoisotopic (exact) mass is 243 g/mol. The van der Waals surface area contributed by atoms with Crippen LogP contribution in [0, 0.1) is 0 Å². The minimum atomic E-state index is 0.236. The Labute approximate surface area is 101 Å². The average molecular weight is 244 g/mol. The van der Waals surface area contributed by atoms with Crippen LogP contribution in [0.2, 0.25) is 5.02 Å². The van der Waals surface area contributed by atoms with E-state index in [9.17, 15) is 0 Å². The molecule has 1 rings (SSSR count). The molecule has 1 aromatic rings. The van der Waals surface area contributed by atoms with Crippen molar-refractivity contribution in [3.05, 3.63) is 11.2 Å². The van der Waals surface area contributed by atoms with E-state index in [1.165, 1.54) is 6.20 Å². The third-order valence-corrected chi connectivity index (χ3v) is 2.36.